The molecule has 6 rings (SSSR count). The number of quaternary nitrogens is 1. The number of alkyl halides is 3. The van der Waals surface area contributed by atoms with Crippen molar-refractivity contribution in [2.24, 2.45) is 0 Å². The van der Waals surface area contributed by atoms with E-state index in [1.807, 2.05) is 60.7 Å². The van der Waals surface area contributed by atoms with E-state index in [4.69, 9.17) is 24.2 Å². The van der Waals surface area contributed by atoms with E-state index in [9.17, 15) is 40.7 Å². The van der Waals surface area contributed by atoms with E-state index in [1.165, 1.54) is 18.2 Å². The zero-order valence-electron chi connectivity index (χ0n) is 32.4. The van der Waals surface area contributed by atoms with Crippen molar-refractivity contribution in [3.63, 3.8) is 0 Å². The number of nitrogens with zero attached hydrogens (tertiary/aromatic N) is 1. The molecule has 62 heavy (non-hydrogen) atoms. The Balaban J connectivity index is 1.16. The summed E-state index contributed by atoms with van der Waals surface area (Å²) in [4.78, 5) is 37.8. The van der Waals surface area contributed by atoms with Gasteiger partial charge in [0.25, 0.3) is 15.9 Å². The van der Waals surface area contributed by atoms with Crippen molar-refractivity contribution < 1.29 is 65.4 Å². The summed E-state index contributed by atoms with van der Waals surface area (Å²) in [7, 11) is -10.8. The lowest BCUT2D eigenvalue weighted by atomic mass is 10.0. The maximum absolute atomic E-state index is 13.6. The van der Waals surface area contributed by atoms with E-state index in [1.54, 1.807) is 22.9 Å². The third kappa shape index (κ3) is 11.7. The first-order chi connectivity index (χ1) is 29.6. The fraction of sp³-hybridized carbons (Fsp3) is 0.190. The summed E-state index contributed by atoms with van der Waals surface area (Å²) in [5.41, 5.74) is 2.66. The molecular formula is C42H37F3N4O10PS2-. The van der Waals surface area contributed by atoms with Crippen LogP contribution in [0.1, 0.15) is 44.0 Å². The van der Waals surface area contributed by atoms with Crippen LogP contribution in [0.2, 0.25) is 0 Å². The van der Waals surface area contributed by atoms with Gasteiger partial charge in [-0.15, -0.1) is 11.3 Å². The Morgan fingerprint density at radius 2 is 1.42 bits per heavy atom. The lowest BCUT2D eigenvalue weighted by Gasteiger charge is -2.38. The van der Waals surface area contributed by atoms with E-state index >= 15 is 0 Å². The number of hydrogen-bond acceptors (Lipinski definition) is 12. The van der Waals surface area contributed by atoms with Gasteiger partial charge in [0.2, 0.25) is 0 Å². The molecule has 1 unspecified atom stereocenters. The number of carbonyl (C=O) groups excluding carboxylic acids is 1. The van der Waals surface area contributed by atoms with Crippen LogP contribution in [0, 0.1) is 11.3 Å². The minimum Gasteiger partial charge on any atom is -0.809 e. The van der Waals surface area contributed by atoms with Gasteiger partial charge in [0.1, 0.15) is 37.2 Å². The molecule has 1 atom stereocenters. The number of ether oxygens (including phenoxy) is 4. The predicted octanol–water partition coefficient (Wildman–Crippen LogP) is 5.27. The second-order valence-electron chi connectivity index (χ2n) is 13.4. The van der Waals surface area contributed by atoms with Crippen LogP contribution in [0.25, 0.3) is 10.1 Å². The molecule has 5 N–H and O–H groups in total. The zero-order valence-corrected chi connectivity index (χ0v) is 35.0. The average Bonchev–Trinajstić information content (AvgIpc) is 3.68. The van der Waals surface area contributed by atoms with Crippen LogP contribution >= 0.6 is 18.9 Å². The van der Waals surface area contributed by atoms with E-state index in [0.29, 0.717) is 45.5 Å². The van der Waals surface area contributed by atoms with Crippen molar-refractivity contribution in [1.82, 2.24) is 10.0 Å². The maximum atomic E-state index is 13.6. The molecule has 0 radical (unpaired) electrons. The Morgan fingerprint density at radius 3 is 2.03 bits per heavy atom. The summed E-state index contributed by atoms with van der Waals surface area (Å²) in [6, 6.07) is 30.9. The number of amides is 1. The van der Waals surface area contributed by atoms with Gasteiger partial charge in [-0.25, -0.2) is 8.42 Å². The number of sulfonamides is 1. The Bertz CT molecular complexity index is 2730. The molecule has 0 aliphatic carbocycles. The first-order valence-corrected chi connectivity index (χ1v) is 22.5. The molecule has 0 bridgehead atoms. The third-order valence-corrected chi connectivity index (χ3v) is 13.1. The average molecular weight is 910 g/mol. The standard InChI is InChI=1S/C42H38F3N4O10PS2/c43-42(44,45)33-19-30(11-12-31(33)24-47)41(60(51,52)53)49-62(54,55)39-22-32-21-36(56-17-15-46)37(23-38(32)61-39)57-18-16-48-40(50)29-13-14-34(58-25-27-7-3-1-4-8-27)35(20-29)59-26-28-9-5-2-6-10-28/h1-14,19-23,41,49H,15-18,25-26,46H2,(H,48,50)(H2,51,52,53)/p-1. The van der Waals surface area contributed by atoms with Crippen molar-refractivity contribution >= 4 is 44.9 Å². The summed E-state index contributed by atoms with van der Waals surface area (Å²) in [5, 5.41) is 12.2. The van der Waals surface area contributed by atoms with Crippen molar-refractivity contribution in [1.29, 1.82) is 5.26 Å². The summed E-state index contributed by atoms with van der Waals surface area (Å²) >= 11 is 0.654. The van der Waals surface area contributed by atoms with Gasteiger partial charge in [-0.2, -0.15) is 23.2 Å². The van der Waals surface area contributed by atoms with Gasteiger partial charge in [0, 0.05) is 16.3 Å². The van der Waals surface area contributed by atoms with Crippen LogP contribution in [0.15, 0.2) is 119 Å². The molecule has 5 aromatic carbocycles. The third-order valence-electron chi connectivity index (χ3n) is 8.92. The summed E-state index contributed by atoms with van der Waals surface area (Å²) in [6.45, 7) is 0.947. The van der Waals surface area contributed by atoms with Gasteiger partial charge in [-0.3, -0.25) is 4.79 Å². The normalized spacial score (nSPS) is 12.3. The smallest absolute Gasteiger partial charge is 0.417 e. The Morgan fingerprint density at radius 1 is 0.806 bits per heavy atom. The molecule has 1 aromatic heterocycles. The molecule has 324 valence electrons. The van der Waals surface area contributed by atoms with Gasteiger partial charge in [-0.05, 0) is 72.1 Å². The highest BCUT2D eigenvalue weighted by molar-refractivity contribution is 7.92. The summed E-state index contributed by atoms with van der Waals surface area (Å²) < 4.78 is 106. The fourth-order valence-corrected chi connectivity index (χ4v) is 9.87. The zero-order chi connectivity index (χ0) is 44.5. The molecule has 6 aromatic rings. The molecule has 20 heteroatoms. The van der Waals surface area contributed by atoms with Crippen molar-refractivity contribution in [2.75, 3.05) is 26.3 Å². The Hall–Kier alpha value is -5.97. The Labute approximate surface area is 357 Å². The number of fused-ring (bicyclic) bond motifs is 1. The van der Waals surface area contributed by atoms with Gasteiger partial charge in [0.15, 0.2) is 23.0 Å². The minimum absolute atomic E-state index is 0.0172. The highest BCUT2D eigenvalue weighted by Crippen LogP contribution is 2.46. The fourth-order valence-electron chi connectivity index (χ4n) is 5.93. The number of halogens is 3. The Kier molecular flexibility index (Phi) is 14.6. The molecular weight excluding hydrogens is 873 g/mol. The number of thiophene rings is 1. The van der Waals surface area contributed by atoms with E-state index in [2.05, 4.69) is 11.1 Å². The molecule has 0 spiro atoms. The van der Waals surface area contributed by atoms with Crippen LogP contribution < -0.4 is 44.5 Å². The highest BCUT2D eigenvalue weighted by Gasteiger charge is 2.35. The number of benzene rings is 5. The van der Waals surface area contributed by atoms with Gasteiger partial charge < -0.3 is 44.3 Å². The molecule has 0 saturated carbocycles. The second kappa shape index (κ2) is 19.8. The van der Waals surface area contributed by atoms with Crippen LogP contribution in [0.3, 0.4) is 0 Å². The van der Waals surface area contributed by atoms with Gasteiger partial charge in [0.05, 0.1) is 29.5 Å². The first-order valence-electron chi connectivity index (χ1n) is 18.6. The molecule has 0 fully saturated rings. The van der Waals surface area contributed by atoms with E-state index < -0.39 is 56.4 Å². The lowest BCUT2D eigenvalue weighted by Crippen LogP contribution is -2.52. The first kappa shape index (κ1) is 45.6. The minimum atomic E-state index is -5.97. The van der Waals surface area contributed by atoms with E-state index in [0.717, 1.165) is 23.3 Å². The number of carbonyl (C=O) groups is 1. The highest BCUT2D eigenvalue weighted by atomic mass is 32.2. The lowest BCUT2D eigenvalue weighted by molar-refractivity contribution is -0.370. The van der Waals surface area contributed by atoms with Crippen molar-refractivity contribution in [3.8, 4) is 29.1 Å². The number of nitriles is 1. The van der Waals surface area contributed by atoms with E-state index in [-0.39, 0.29) is 56.1 Å². The number of hydrogen-bond donors (Lipinski definition) is 3. The van der Waals surface area contributed by atoms with Crippen LogP contribution in [-0.4, -0.2) is 40.6 Å². The quantitative estimate of drug-likeness (QED) is 0.0701. The summed E-state index contributed by atoms with van der Waals surface area (Å²) in [6.07, 6.45) is -5.11. The predicted molar refractivity (Wildman–Crippen MR) is 218 cm³/mol. The van der Waals surface area contributed by atoms with Crippen LogP contribution in [0.5, 0.6) is 23.0 Å². The number of rotatable bonds is 19. The molecule has 0 saturated heterocycles. The largest absolute Gasteiger partial charge is 0.809 e. The second-order valence-corrected chi connectivity index (χ2v) is 18.0. The van der Waals surface area contributed by atoms with Gasteiger partial charge in [-0.1, -0.05) is 66.7 Å². The van der Waals surface area contributed by atoms with Crippen LogP contribution in [-0.2, 0) is 34.0 Å². The van der Waals surface area contributed by atoms with Crippen molar-refractivity contribution in [3.05, 3.63) is 149 Å². The maximum Gasteiger partial charge on any atom is 0.417 e. The molecule has 1 heterocycles. The van der Waals surface area contributed by atoms with Gasteiger partial charge >= 0.3 is 6.18 Å². The molecule has 0 aliphatic rings. The topological polar surface area (TPSA) is 227 Å². The number of nitrogens with one attached hydrogen (secondary N) is 2. The molecule has 0 aliphatic heterocycles. The summed E-state index contributed by atoms with van der Waals surface area (Å²) in [5.74, 6) is -1.93. The monoisotopic (exact) mass is 909 g/mol. The molecule has 14 nitrogen and oxygen atoms in total. The molecule has 1 amide bonds. The van der Waals surface area contributed by atoms with Crippen molar-refractivity contribution in [2.45, 2.75) is 29.4 Å². The van der Waals surface area contributed by atoms with Crippen LogP contribution in [0.4, 0.5) is 13.2 Å². The SMILES string of the molecule is N#Cc1ccc(C(NS(=O)(=O)c2cc3cc(OCC[NH3+])c(OCCNC(=O)c4ccc(OCc5ccccc5)c(OCc5ccccc5)c4)cc3s2)P(=O)([O-])[O-])cc1C(F)(F)F.